The van der Waals surface area contributed by atoms with Crippen LogP contribution in [0.1, 0.15) is 33.3 Å². The van der Waals surface area contributed by atoms with Crippen molar-refractivity contribution in [2.45, 2.75) is 45.1 Å². The standard InChI is InChI=1S/C15H17BF3N3O2/c1-13(2)14(3,4)24-16(23-13)12-9-20-22(21-12)11-8-6-5-7-10(11)15(17,18)19/h5-9H,1-4H3. The van der Waals surface area contributed by atoms with E-state index in [1.54, 1.807) is 0 Å². The van der Waals surface area contributed by atoms with Crippen LogP contribution < -0.4 is 5.59 Å². The predicted molar refractivity (Wildman–Crippen MR) is 82.1 cm³/mol. The van der Waals surface area contributed by atoms with Gasteiger partial charge in [0.15, 0.2) is 0 Å². The number of nitrogens with zero attached hydrogens (tertiary/aromatic N) is 3. The molecule has 2 heterocycles. The van der Waals surface area contributed by atoms with Crippen molar-refractivity contribution in [2.24, 2.45) is 0 Å². The predicted octanol–water partition coefficient (Wildman–Crippen LogP) is 2.59. The molecule has 1 fully saturated rings. The third-order valence-corrected chi connectivity index (χ3v) is 4.43. The van der Waals surface area contributed by atoms with E-state index in [-0.39, 0.29) is 5.69 Å². The maximum Gasteiger partial charge on any atom is 0.518 e. The number of halogens is 3. The van der Waals surface area contributed by atoms with Gasteiger partial charge in [-0.05, 0) is 39.8 Å². The molecular weight excluding hydrogens is 322 g/mol. The summed E-state index contributed by atoms with van der Waals surface area (Å²) in [5.74, 6) is 0. The highest BCUT2D eigenvalue weighted by Crippen LogP contribution is 2.36. The molecule has 3 rings (SSSR count). The van der Waals surface area contributed by atoms with Gasteiger partial charge in [0.25, 0.3) is 0 Å². The van der Waals surface area contributed by atoms with Crippen molar-refractivity contribution >= 4 is 12.7 Å². The zero-order chi connectivity index (χ0) is 17.8. The Morgan fingerprint density at radius 3 is 2.21 bits per heavy atom. The van der Waals surface area contributed by atoms with Crippen molar-refractivity contribution in [2.75, 3.05) is 0 Å². The quantitative estimate of drug-likeness (QED) is 0.790. The molecule has 1 aliphatic rings. The fraction of sp³-hybridized carbons (Fsp3) is 0.467. The molecule has 1 aliphatic heterocycles. The first-order valence-corrected chi connectivity index (χ1v) is 7.46. The molecule has 0 spiro atoms. The summed E-state index contributed by atoms with van der Waals surface area (Å²) in [7, 11) is -0.776. The maximum absolute atomic E-state index is 13.1. The monoisotopic (exact) mass is 339 g/mol. The third kappa shape index (κ3) is 2.82. The molecule has 0 bridgehead atoms. The molecule has 0 saturated carbocycles. The SMILES string of the molecule is CC1(C)OB(c2cnn(-c3ccccc3C(F)(F)F)n2)OC1(C)C. The van der Waals surface area contributed by atoms with Gasteiger partial charge in [0.1, 0.15) is 5.59 Å². The lowest BCUT2D eigenvalue weighted by Gasteiger charge is -2.32. The van der Waals surface area contributed by atoms with E-state index >= 15 is 0 Å². The van der Waals surface area contributed by atoms with Crippen LogP contribution in [0.25, 0.3) is 5.69 Å². The van der Waals surface area contributed by atoms with Gasteiger partial charge in [-0.1, -0.05) is 12.1 Å². The first-order valence-electron chi connectivity index (χ1n) is 7.46. The third-order valence-electron chi connectivity index (χ3n) is 4.43. The molecule has 24 heavy (non-hydrogen) atoms. The number of hydrogen-bond acceptors (Lipinski definition) is 4. The van der Waals surface area contributed by atoms with Crippen LogP contribution in [0.15, 0.2) is 30.5 Å². The zero-order valence-electron chi connectivity index (χ0n) is 13.8. The molecule has 1 saturated heterocycles. The Kier molecular flexibility index (Phi) is 3.76. The summed E-state index contributed by atoms with van der Waals surface area (Å²) < 4.78 is 51.1. The first-order chi connectivity index (χ1) is 11.0. The van der Waals surface area contributed by atoms with Crippen molar-refractivity contribution in [1.29, 1.82) is 0 Å². The average Bonchev–Trinajstić information content (AvgIpc) is 3.01. The lowest BCUT2D eigenvalue weighted by molar-refractivity contribution is -0.137. The molecule has 2 aromatic rings. The smallest absolute Gasteiger partial charge is 0.398 e. The van der Waals surface area contributed by atoms with Gasteiger partial charge in [-0.2, -0.15) is 28.2 Å². The second-order valence-electron chi connectivity index (χ2n) is 6.66. The Labute approximate surface area is 137 Å². The van der Waals surface area contributed by atoms with Crippen LogP contribution in [0.5, 0.6) is 0 Å². The summed E-state index contributed by atoms with van der Waals surface area (Å²) in [6.45, 7) is 7.54. The minimum absolute atomic E-state index is 0.146. The Morgan fingerprint density at radius 1 is 1.04 bits per heavy atom. The van der Waals surface area contributed by atoms with E-state index in [9.17, 15) is 13.2 Å². The van der Waals surface area contributed by atoms with Crippen LogP contribution in [0.4, 0.5) is 13.2 Å². The molecule has 0 amide bonds. The summed E-state index contributed by atoms with van der Waals surface area (Å²) >= 11 is 0. The van der Waals surface area contributed by atoms with Crippen LogP contribution in [0.3, 0.4) is 0 Å². The van der Waals surface area contributed by atoms with Crippen LogP contribution in [0, 0.1) is 0 Å². The molecule has 0 N–H and O–H groups in total. The van der Waals surface area contributed by atoms with Gasteiger partial charge >= 0.3 is 13.3 Å². The highest BCUT2D eigenvalue weighted by atomic mass is 19.4. The minimum Gasteiger partial charge on any atom is -0.398 e. The molecule has 0 aliphatic carbocycles. The van der Waals surface area contributed by atoms with Gasteiger partial charge in [0, 0.05) is 0 Å². The minimum atomic E-state index is -4.49. The van der Waals surface area contributed by atoms with E-state index < -0.39 is 30.1 Å². The number of para-hydroxylation sites is 1. The number of alkyl halides is 3. The van der Waals surface area contributed by atoms with Gasteiger partial charge in [0.05, 0.1) is 28.6 Å². The van der Waals surface area contributed by atoms with E-state index in [2.05, 4.69) is 10.2 Å². The highest BCUT2D eigenvalue weighted by Gasteiger charge is 2.53. The lowest BCUT2D eigenvalue weighted by atomic mass is 9.86. The molecule has 1 aromatic carbocycles. The van der Waals surface area contributed by atoms with Gasteiger partial charge in [-0.15, -0.1) is 0 Å². The lowest BCUT2D eigenvalue weighted by Crippen LogP contribution is -2.41. The summed E-state index contributed by atoms with van der Waals surface area (Å²) in [5, 5.41) is 8.07. The van der Waals surface area contributed by atoms with Crippen LogP contribution in [-0.2, 0) is 15.5 Å². The van der Waals surface area contributed by atoms with Crippen molar-refractivity contribution in [3.63, 3.8) is 0 Å². The van der Waals surface area contributed by atoms with Gasteiger partial charge in [0.2, 0.25) is 0 Å². The Balaban J connectivity index is 1.94. The van der Waals surface area contributed by atoms with Gasteiger partial charge in [-0.3, -0.25) is 0 Å². The summed E-state index contributed by atoms with van der Waals surface area (Å²) in [5.41, 5.74) is -1.75. The Morgan fingerprint density at radius 2 is 1.62 bits per heavy atom. The molecule has 9 heteroatoms. The number of benzene rings is 1. The molecule has 0 unspecified atom stereocenters. The fourth-order valence-corrected chi connectivity index (χ4v) is 2.35. The van der Waals surface area contributed by atoms with Crippen molar-refractivity contribution in [1.82, 2.24) is 15.0 Å². The molecule has 128 valence electrons. The normalized spacial score (nSPS) is 19.7. The van der Waals surface area contributed by atoms with Crippen molar-refractivity contribution < 1.29 is 22.5 Å². The van der Waals surface area contributed by atoms with Crippen molar-refractivity contribution in [3.8, 4) is 5.69 Å². The van der Waals surface area contributed by atoms with E-state index in [4.69, 9.17) is 9.31 Å². The van der Waals surface area contributed by atoms with Crippen molar-refractivity contribution in [3.05, 3.63) is 36.0 Å². The average molecular weight is 339 g/mol. The van der Waals surface area contributed by atoms with E-state index in [0.717, 1.165) is 10.9 Å². The van der Waals surface area contributed by atoms with E-state index in [1.807, 2.05) is 27.7 Å². The Bertz CT molecular complexity index is 742. The van der Waals surface area contributed by atoms with Crippen LogP contribution >= 0.6 is 0 Å². The van der Waals surface area contributed by atoms with Crippen LogP contribution in [0.2, 0.25) is 0 Å². The first kappa shape index (κ1) is 17.0. The second kappa shape index (κ2) is 5.32. The largest absolute Gasteiger partial charge is 0.518 e. The Hall–Kier alpha value is -1.87. The van der Waals surface area contributed by atoms with Gasteiger partial charge < -0.3 is 9.31 Å². The molecule has 1 aromatic heterocycles. The van der Waals surface area contributed by atoms with Crippen LogP contribution in [-0.4, -0.2) is 33.3 Å². The highest BCUT2D eigenvalue weighted by molar-refractivity contribution is 6.61. The van der Waals surface area contributed by atoms with Gasteiger partial charge in [-0.25, -0.2) is 0 Å². The number of hydrogen-bond donors (Lipinski definition) is 0. The topological polar surface area (TPSA) is 49.2 Å². The zero-order valence-corrected chi connectivity index (χ0v) is 13.8. The molecule has 0 radical (unpaired) electrons. The van der Waals surface area contributed by atoms with E-state index in [0.29, 0.717) is 5.59 Å². The maximum atomic E-state index is 13.1. The number of rotatable bonds is 2. The molecule has 0 atom stereocenters. The summed E-state index contributed by atoms with van der Waals surface area (Å²) in [4.78, 5) is 0.948. The van der Waals surface area contributed by atoms with E-state index in [1.165, 1.54) is 24.4 Å². The fourth-order valence-electron chi connectivity index (χ4n) is 2.35. The summed E-state index contributed by atoms with van der Waals surface area (Å²) in [6.07, 6.45) is -3.13. The second-order valence-corrected chi connectivity index (χ2v) is 6.66. The molecule has 5 nitrogen and oxygen atoms in total. The number of aromatic nitrogens is 3. The molecular formula is C15H17BF3N3O2. The summed E-state index contributed by atoms with van der Waals surface area (Å²) in [6, 6.07) is 5.14.